The zero-order valence-electron chi connectivity index (χ0n) is 16.9. The van der Waals surface area contributed by atoms with Gasteiger partial charge in [-0.15, -0.1) is 0 Å². The van der Waals surface area contributed by atoms with Crippen LogP contribution in [0.15, 0.2) is 0 Å². The molecule has 0 N–H and O–H groups in total. The SMILES string of the molecule is CC(C)(CC1CC1C(C)(C)CC1CN(C(C)(C)C)C1)C1CCC1. The lowest BCUT2D eigenvalue weighted by atomic mass is 9.64. The first-order valence-corrected chi connectivity index (χ1v) is 10.2. The van der Waals surface area contributed by atoms with Crippen molar-refractivity contribution in [3.63, 3.8) is 0 Å². The van der Waals surface area contributed by atoms with Crippen LogP contribution in [0.4, 0.5) is 0 Å². The van der Waals surface area contributed by atoms with Crippen molar-refractivity contribution in [1.29, 1.82) is 0 Å². The molecule has 0 aromatic carbocycles. The Morgan fingerprint density at radius 3 is 1.91 bits per heavy atom. The summed E-state index contributed by atoms with van der Waals surface area (Å²) in [6.45, 7) is 19.9. The van der Waals surface area contributed by atoms with Gasteiger partial charge >= 0.3 is 0 Å². The van der Waals surface area contributed by atoms with Crippen molar-refractivity contribution in [2.75, 3.05) is 13.1 Å². The molecule has 0 amide bonds. The molecule has 134 valence electrons. The molecule has 1 heterocycles. The van der Waals surface area contributed by atoms with Gasteiger partial charge < -0.3 is 0 Å². The Morgan fingerprint density at radius 1 is 0.826 bits per heavy atom. The van der Waals surface area contributed by atoms with Crippen molar-refractivity contribution in [3.8, 4) is 0 Å². The highest BCUT2D eigenvalue weighted by molar-refractivity contribution is 5.02. The largest absolute Gasteiger partial charge is 0.298 e. The Bertz CT molecular complexity index is 418. The molecule has 1 nitrogen and oxygen atoms in total. The topological polar surface area (TPSA) is 3.24 Å². The van der Waals surface area contributed by atoms with Crippen LogP contribution in [0, 0.1) is 34.5 Å². The molecule has 1 aliphatic heterocycles. The molecule has 3 fully saturated rings. The fourth-order valence-electron chi connectivity index (χ4n) is 5.60. The molecule has 0 aromatic heterocycles. The molecule has 0 bridgehead atoms. The van der Waals surface area contributed by atoms with E-state index in [0.29, 0.717) is 16.4 Å². The first-order chi connectivity index (χ1) is 10.5. The van der Waals surface area contributed by atoms with E-state index in [0.717, 1.165) is 23.7 Å². The number of hydrogen-bond acceptors (Lipinski definition) is 1. The predicted octanol–water partition coefficient (Wildman–Crippen LogP) is 5.99. The second-order valence-electron chi connectivity index (χ2n) is 11.6. The highest BCUT2D eigenvalue weighted by Crippen LogP contribution is 2.59. The Balaban J connectivity index is 1.45. The van der Waals surface area contributed by atoms with Crippen LogP contribution >= 0.6 is 0 Å². The molecule has 1 saturated heterocycles. The van der Waals surface area contributed by atoms with Gasteiger partial charge in [-0.3, -0.25) is 4.90 Å². The van der Waals surface area contributed by atoms with Crippen molar-refractivity contribution < 1.29 is 0 Å². The summed E-state index contributed by atoms with van der Waals surface area (Å²) in [4.78, 5) is 2.65. The first-order valence-electron chi connectivity index (χ1n) is 10.2. The summed E-state index contributed by atoms with van der Waals surface area (Å²) in [5, 5.41) is 0. The smallest absolute Gasteiger partial charge is 0.0125 e. The van der Waals surface area contributed by atoms with Crippen molar-refractivity contribution in [3.05, 3.63) is 0 Å². The summed E-state index contributed by atoms with van der Waals surface area (Å²) in [5.41, 5.74) is 1.54. The molecular formula is C22H41N. The third-order valence-electron chi connectivity index (χ3n) is 7.65. The van der Waals surface area contributed by atoms with E-state index < -0.39 is 0 Å². The van der Waals surface area contributed by atoms with E-state index in [-0.39, 0.29) is 0 Å². The van der Waals surface area contributed by atoms with Crippen LogP contribution in [0.1, 0.15) is 87.0 Å². The maximum atomic E-state index is 2.65. The quantitative estimate of drug-likeness (QED) is 0.581. The number of hydrogen-bond donors (Lipinski definition) is 0. The van der Waals surface area contributed by atoms with Gasteiger partial charge in [-0.2, -0.15) is 0 Å². The highest BCUT2D eigenvalue weighted by atomic mass is 15.2. The van der Waals surface area contributed by atoms with Gasteiger partial charge in [-0.05, 0) is 87.4 Å². The minimum absolute atomic E-state index is 0.371. The van der Waals surface area contributed by atoms with Crippen LogP contribution in [0.2, 0.25) is 0 Å². The second-order valence-corrected chi connectivity index (χ2v) is 11.6. The highest BCUT2D eigenvalue weighted by Gasteiger charge is 2.51. The van der Waals surface area contributed by atoms with E-state index in [1.54, 1.807) is 0 Å². The summed E-state index contributed by atoms with van der Waals surface area (Å²) in [7, 11) is 0. The van der Waals surface area contributed by atoms with Gasteiger partial charge in [0, 0.05) is 18.6 Å². The third-order valence-corrected chi connectivity index (χ3v) is 7.65. The van der Waals surface area contributed by atoms with Gasteiger partial charge in [0.25, 0.3) is 0 Å². The molecule has 1 heteroatoms. The fourth-order valence-corrected chi connectivity index (χ4v) is 5.60. The van der Waals surface area contributed by atoms with Gasteiger partial charge in [0.1, 0.15) is 0 Å². The van der Waals surface area contributed by atoms with E-state index >= 15 is 0 Å². The summed E-state index contributed by atoms with van der Waals surface area (Å²) in [5.74, 6) is 4.01. The lowest BCUT2D eigenvalue weighted by Crippen LogP contribution is -2.56. The summed E-state index contributed by atoms with van der Waals surface area (Å²) in [6.07, 6.45) is 8.94. The standard InChI is InChI=1S/C22H41N/c1-20(2,3)23-14-16(15-23)12-22(6,7)19-11-17(19)13-21(4,5)18-9-8-10-18/h16-19H,8-15H2,1-7H3. The average molecular weight is 320 g/mol. The van der Waals surface area contributed by atoms with Crippen molar-refractivity contribution in [1.82, 2.24) is 4.90 Å². The fraction of sp³-hybridized carbons (Fsp3) is 1.00. The Labute approximate surface area is 145 Å². The summed E-state index contributed by atoms with van der Waals surface area (Å²) >= 11 is 0. The van der Waals surface area contributed by atoms with E-state index in [2.05, 4.69) is 53.4 Å². The molecule has 2 atom stereocenters. The van der Waals surface area contributed by atoms with Crippen LogP contribution in [-0.2, 0) is 0 Å². The van der Waals surface area contributed by atoms with Crippen LogP contribution in [-0.4, -0.2) is 23.5 Å². The predicted molar refractivity (Wildman–Crippen MR) is 101 cm³/mol. The molecule has 0 aromatic rings. The minimum atomic E-state index is 0.371. The Kier molecular flexibility index (Phi) is 4.44. The molecule has 2 unspecified atom stereocenters. The summed E-state index contributed by atoms with van der Waals surface area (Å²) in [6, 6.07) is 0. The zero-order valence-corrected chi connectivity index (χ0v) is 16.9. The third kappa shape index (κ3) is 3.80. The van der Waals surface area contributed by atoms with Crippen LogP contribution in [0.25, 0.3) is 0 Å². The van der Waals surface area contributed by atoms with Gasteiger partial charge in [-0.25, -0.2) is 0 Å². The van der Waals surface area contributed by atoms with Gasteiger partial charge in [0.15, 0.2) is 0 Å². The number of nitrogens with zero attached hydrogens (tertiary/aromatic N) is 1. The number of likely N-dealkylation sites (tertiary alicyclic amines) is 1. The molecule has 23 heavy (non-hydrogen) atoms. The van der Waals surface area contributed by atoms with Crippen molar-refractivity contribution in [2.24, 2.45) is 34.5 Å². The average Bonchev–Trinajstić information content (AvgIpc) is 2.96. The molecule has 0 spiro atoms. The van der Waals surface area contributed by atoms with Gasteiger partial charge in [-0.1, -0.05) is 34.1 Å². The monoisotopic (exact) mass is 319 g/mol. The summed E-state index contributed by atoms with van der Waals surface area (Å²) < 4.78 is 0. The molecule has 0 radical (unpaired) electrons. The second kappa shape index (κ2) is 5.75. The maximum Gasteiger partial charge on any atom is 0.0125 e. The first kappa shape index (κ1) is 17.8. The lowest BCUT2D eigenvalue weighted by Gasteiger charge is -2.50. The van der Waals surface area contributed by atoms with E-state index in [1.807, 2.05) is 0 Å². The van der Waals surface area contributed by atoms with Crippen LogP contribution < -0.4 is 0 Å². The van der Waals surface area contributed by atoms with Crippen LogP contribution in [0.3, 0.4) is 0 Å². The van der Waals surface area contributed by atoms with E-state index in [4.69, 9.17) is 0 Å². The molecule has 3 aliphatic rings. The normalized spacial score (nSPS) is 30.9. The van der Waals surface area contributed by atoms with Crippen LogP contribution in [0.5, 0.6) is 0 Å². The van der Waals surface area contributed by atoms with Crippen molar-refractivity contribution in [2.45, 2.75) is 92.5 Å². The van der Waals surface area contributed by atoms with E-state index in [1.165, 1.54) is 51.6 Å². The van der Waals surface area contributed by atoms with Gasteiger partial charge in [0.2, 0.25) is 0 Å². The van der Waals surface area contributed by atoms with E-state index in [9.17, 15) is 0 Å². The molecular weight excluding hydrogens is 278 g/mol. The minimum Gasteiger partial charge on any atom is -0.298 e. The maximum absolute atomic E-state index is 2.65. The van der Waals surface area contributed by atoms with Crippen molar-refractivity contribution >= 4 is 0 Å². The number of rotatable bonds is 6. The van der Waals surface area contributed by atoms with Gasteiger partial charge in [0.05, 0.1) is 0 Å². The Morgan fingerprint density at radius 2 is 1.43 bits per heavy atom. The lowest BCUT2D eigenvalue weighted by molar-refractivity contribution is -0.00926. The molecule has 2 saturated carbocycles. The zero-order chi connectivity index (χ0) is 17.0. The molecule has 3 rings (SSSR count). The Hall–Kier alpha value is -0.0400. The molecule has 2 aliphatic carbocycles.